The summed E-state index contributed by atoms with van der Waals surface area (Å²) in [5, 5.41) is 7.64. The molecule has 5 rings (SSSR count). The maximum absolute atomic E-state index is 13.3. The lowest BCUT2D eigenvalue weighted by molar-refractivity contribution is 0.0162. The molecule has 7 heteroatoms. The van der Waals surface area contributed by atoms with E-state index in [0.717, 1.165) is 78.6 Å². The molecule has 0 radical (unpaired) electrons. The molecule has 1 aromatic heterocycles. The van der Waals surface area contributed by atoms with E-state index in [1.807, 2.05) is 24.4 Å². The van der Waals surface area contributed by atoms with Gasteiger partial charge >= 0.3 is 0 Å². The van der Waals surface area contributed by atoms with Gasteiger partial charge < -0.3 is 9.74 Å². The highest BCUT2D eigenvalue weighted by molar-refractivity contribution is 9.10. The summed E-state index contributed by atoms with van der Waals surface area (Å²) in [7, 11) is 0. The van der Waals surface area contributed by atoms with Gasteiger partial charge in [-0.15, -0.1) is 11.3 Å². The molecule has 36 heavy (non-hydrogen) atoms. The SMILES string of the molecule is CCON=C(c1ccc(Br)cc1)C1CCN(C2(C)CCN(C(=O)c3csc4ccccc34)CC2)CC1. The van der Waals surface area contributed by atoms with Crippen LogP contribution in [0.2, 0.25) is 0 Å². The Kier molecular flexibility index (Phi) is 7.79. The molecule has 3 aromatic rings. The number of nitrogens with zero attached hydrogens (tertiary/aromatic N) is 3. The number of hydrogen-bond donors (Lipinski definition) is 0. The van der Waals surface area contributed by atoms with Crippen LogP contribution in [-0.2, 0) is 4.84 Å². The second-order valence-electron chi connectivity index (χ2n) is 10.1. The number of oxime groups is 1. The van der Waals surface area contributed by atoms with Crippen molar-refractivity contribution >= 4 is 49.0 Å². The number of halogens is 1. The first-order valence-corrected chi connectivity index (χ1v) is 14.6. The van der Waals surface area contributed by atoms with Crippen molar-refractivity contribution in [2.24, 2.45) is 11.1 Å². The van der Waals surface area contributed by atoms with Crippen LogP contribution in [0.15, 0.2) is 63.5 Å². The maximum atomic E-state index is 13.3. The average molecular weight is 569 g/mol. The first-order chi connectivity index (χ1) is 17.5. The molecule has 0 N–H and O–H groups in total. The third-order valence-electron chi connectivity index (χ3n) is 7.92. The summed E-state index contributed by atoms with van der Waals surface area (Å²) in [6.07, 6.45) is 4.17. The minimum Gasteiger partial charge on any atom is -0.396 e. The quantitative estimate of drug-likeness (QED) is 0.242. The standard InChI is InChI=1S/C29H34BrN3O2S/c1-3-35-31-27(21-8-10-23(30)11-9-21)22-12-16-33(17-13-22)29(2)14-18-32(19-15-29)28(34)25-20-36-26-7-5-4-6-24(25)26/h4-11,20,22H,3,12-19H2,1-2H3. The highest BCUT2D eigenvalue weighted by atomic mass is 79.9. The Morgan fingerprint density at radius 3 is 2.47 bits per heavy atom. The summed E-state index contributed by atoms with van der Waals surface area (Å²) in [6.45, 7) is 8.67. The Balaban J connectivity index is 1.20. The van der Waals surface area contributed by atoms with Crippen molar-refractivity contribution in [3.8, 4) is 0 Å². The summed E-state index contributed by atoms with van der Waals surface area (Å²) < 4.78 is 2.25. The van der Waals surface area contributed by atoms with E-state index >= 15 is 0 Å². The highest BCUT2D eigenvalue weighted by Crippen LogP contribution is 2.35. The molecule has 3 heterocycles. The summed E-state index contributed by atoms with van der Waals surface area (Å²) in [5.41, 5.74) is 3.20. The largest absolute Gasteiger partial charge is 0.396 e. The fraction of sp³-hybridized carbons (Fsp3) is 0.448. The monoisotopic (exact) mass is 567 g/mol. The summed E-state index contributed by atoms with van der Waals surface area (Å²) in [5.74, 6) is 0.575. The van der Waals surface area contributed by atoms with Crippen molar-refractivity contribution in [3.63, 3.8) is 0 Å². The Morgan fingerprint density at radius 1 is 1.08 bits per heavy atom. The summed E-state index contributed by atoms with van der Waals surface area (Å²) in [4.78, 5) is 23.5. The van der Waals surface area contributed by atoms with Gasteiger partial charge in [0.15, 0.2) is 0 Å². The Bertz CT molecular complexity index is 1220. The minimum atomic E-state index is 0.132. The van der Waals surface area contributed by atoms with Crippen molar-refractivity contribution < 1.29 is 9.63 Å². The van der Waals surface area contributed by atoms with Crippen LogP contribution in [-0.4, -0.2) is 59.7 Å². The molecule has 0 saturated carbocycles. The molecule has 1 amide bonds. The van der Waals surface area contributed by atoms with E-state index in [4.69, 9.17) is 4.84 Å². The van der Waals surface area contributed by atoms with Crippen molar-refractivity contribution in [3.05, 3.63) is 69.5 Å². The minimum absolute atomic E-state index is 0.132. The van der Waals surface area contributed by atoms with Crippen molar-refractivity contribution in [2.75, 3.05) is 32.8 Å². The van der Waals surface area contributed by atoms with Crippen LogP contribution >= 0.6 is 27.3 Å². The van der Waals surface area contributed by atoms with E-state index in [2.05, 4.69) is 74.2 Å². The van der Waals surface area contributed by atoms with Crippen molar-refractivity contribution in [1.82, 2.24) is 9.80 Å². The summed E-state index contributed by atoms with van der Waals surface area (Å²) in [6, 6.07) is 16.6. The van der Waals surface area contributed by atoms with Crippen molar-refractivity contribution in [1.29, 1.82) is 0 Å². The topological polar surface area (TPSA) is 45.1 Å². The van der Waals surface area contributed by atoms with E-state index in [-0.39, 0.29) is 11.4 Å². The van der Waals surface area contributed by atoms with Crippen LogP contribution in [0.5, 0.6) is 0 Å². The van der Waals surface area contributed by atoms with Gasteiger partial charge in [0.2, 0.25) is 0 Å². The van der Waals surface area contributed by atoms with Gasteiger partial charge in [-0.05, 0) is 76.4 Å². The molecule has 0 aliphatic carbocycles. The second kappa shape index (κ2) is 11.0. The van der Waals surface area contributed by atoms with Crippen LogP contribution in [0.25, 0.3) is 10.1 Å². The van der Waals surface area contributed by atoms with Gasteiger partial charge in [-0.3, -0.25) is 9.69 Å². The molecule has 0 atom stereocenters. The lowest BCUT2D eigenvalue weighted by Gasteiger charge is -2.49. The molecule has 190 valence electrons. The van der Waals surface area contributed by atoms with Gasteiger partial charge in [-0.25, -0.2) is 0 Å². The van der Waals surface area contributed by atoms with E-state index in [1.165, 1.54) is 4.70 Å². The van der Waals surface area contributed by atoms with Crippen LogP contribution in [0, 0.1) is 5.92 Å². The Hall–Kier alpha value is -2.22. The zero-order valence-corrected chi connectivity index (χ0v) is 23.5. The average Bonchev–Trinajstić information content (AvgIpc) is 3.34. The highest BCUT2D eigenvalue weighted by Gasteiger charge is 2.39. The van der Waals surface area contributed by atoms with Crippen LogP contribution in [0.1, 0.15) is 55.5 Å². The first kappa shape index (κ1) is 25.4. The number of piperidine rings is 2. The van der Waals surface area contributed by atoms with Gasteiger partial charge in [-0.1, -0.05) is 51.4 Å². The van der Waals surface area contributed by atoms with E-state index < -0.39 is 0 Å². The third-order valence-corrected chi connectivity index (χ3v) is 9.41. The number of thiophene rings is 1. The molecule has 2 fully saturated rings. The summed E-state index contributed by atoms with van der Waals surface area (Å²) >= 11 is 5.19. The van der Waals surface area contributed by atoms with Crippen LogP contribution in [0.3, 0.4) is 0 Å². The molecule has 0 spiro atoms. The molecule has 5 nitrogen and oxygen atoms in total. The van der Waals surface area contributed by atoms with E-state index in [0.29, 0.717) is 12.5 Å². The normalized spacial score (nSPS) is 19.5. The molecular formula is C29H34BrN3O2S. The molecule has 0 bridgehead atoms. The zero-order valence-electron chi connectivity index (χ0n) is 21.1. The molecule has 0 unspecified atom stereocenters. The molecular weight excluding hydrogens is 534 g/mol. The van der Waals surface area contributed by atoms with Gasteiger partial charge in [0.05, 0.1) is 11.3 Å². The first-order valence-electron chi connectivity index (χ1n) is 12.9. The Morgan fingerprint density at radius 2 is 1.78 bits per heavy atom. The second-order valence-corrected chi connectivity index (χ2v) is 11.9. The fourth-order valence-electron chi connectivity index (χ4n) is 5.63. The smallest absolute Gasteiger partial charge is 0.255 e. The molecule has 2 aliphatic rings. The van der Waals surface area contributed by atoms with E-state index in [9.17, 15) is 4.79 Å². The number of rotatable bonds is 6. The number of likely N-dealkylation sites (tertiary alicyclic amines) is 2. The number of carbonyl (C=O) groups excluding carboxylic acids is 1. The van der Waals surface area contributed by atoms with Gasteiger partial charge in [0.1, 0.15) is 6.61 Å². The number of amides is 1. The van der Waals surface area contributed by atoms with Gasteiger partial charge in [-0.2, -0.15) is 0 Å². The van der Waals surface area contributed by atoms with Crippen molar-refractivity contribution in [2.45, 2.75) is 45.1 Å². The van der Waals surface area contributed by atoms with Gasteiger partial charge in [0.25, 0.3) is 5.91 Å². The molecule has 2 aliphatic heterocycles. The van der Waals surface area contributed by atoms with Crippen LogP contribution in [0.4, 0.5) is 0 Å². The molecule has 2 saturated heterocycles. The predicted molar refractivity (Wildman–Crippen MR) is 152 cm³/mol. The van der Waals surface area contributed by atoms with Gasteiger partial charge in [0, 0.05) is 44.5 Å². The molecule has 2 aromatic carbocycles. The predicted octanol–water partition coefficient (Wildman–Crippen LogP) is 6.81. The lowest BCUT2D eigenvalue weighted by Crippen LogP contribution is -2.56. The number of carbonyl (C=O) groups is 1. The number of fused-ring (bicyclic) bond motifs is 1. The third kappa shape index (κ3) is 5.24. The van der Waals surface area contributed by atoms with E-state index in [1.54, 1.807) is 11.3 Å². The maximum Gasteiger partial charge on any atom is 0.255 e. The number of benzene rings is 2. The fourth-order valence-corrected chi connectivity index (χ4v) is 6.83. The number of hydrogen-bond acceptors (Lipinski definition) is 5. The van der Waals surface area contributed by atoms with Crippen LogP contribution < -0.4 is 0 Å². The zero-order chi connectivity index (χ0) is 25.1. The lowest BCUT2D eigenvalue weighted by atomic mass is 9.82. The Labute approximate surface area is 226 Å².